The minimum absolute atomic E-state index is 0.00680. The zero-order valence-corrected chi connectivity index (χ0v) is 11.8. The Bertz CT molecular complexity index is 573. The lowest BCUT2D eigenvalue weighted by atomic mass is 9.88. The van der Waals surface area contributed by atoms with E-state index < -0.39 is 0 Å². The minimum Gasteiger partial charge on any atom is -0.381 e. The zero-order valence-electron chi connectivity index (χ0n) is 11.8. The summed E-state index contributed by atoms with van der Waals surface area (Å²) in [5.74, 6) is -0.366. The number of nitrogens with one attached hydrogen (secondary N) is 2. The number of fused-ring (bicyclic) bond motifs is 2. The quantitative estimate of drug-likeness (QED) is 0.896. The Kier molecular flexibility index (Phi) is 3.10. The molecule has 1 saturated carbocycles. The number of ether oxygens (including phenoxy) is 1. The standard InChI is InChI=1S/C16H19FN2O2/c17-9-1-5-13(14(7-9)18-10-2-3-10)19-16(20)12-8-11-4-6-15(12)21-11/h1,5,7,10-12,15,18H,2-4,6,8H2,(H,19,20). The molecule has 0 radical (unpaired) electrons. The Labute approximate surface area is 123 Å². The predicted octanol–water partition coefficient (Wildman–Crippen LogP) is 2.91. The van der Waals surface area contributed by atoms with Gasteiger partial charge < -0.3 is 15.4 Å². The lowest BCUT2D eigenvalue weighted by Crippen LogP contribution is -2.30. The van der Waals surface area contributed by atoms with Crippen LogP contribution < -0.4 is 10.6 Å². The molecule has 3 atom stereocenters. The van der Waals surface area contributed by atoms with E-state index in [1.807, 2.05) is 0 Å². The third-order valence-electron chi connectivity index (χ3n) is 4.62. The molecule has 0 aromatic heterocycles. The number of carbonyl (C=O) groups excluding carboxylic acids is 1. The van der Waals surface area contributed by atoms with Gasteiger partial charge in [0.1, 0.15) is 5.82 Å². The normalized spacial score (nSPS) is 30.4. The summed E-state index contributed by atoms with van der Waals surface area (Å²) in [5, 5.41) is 6.22. The van der Waals surface area contributed by atoms with E-state index in [2.05, 4.69) is 10.6 Å². The van der Waals surface area contributed by atoms with Gasteiger partial charge in [0.15, 0.2) is 0 Å². The van der Waals surface area contributed by atoms with Gasteiger partial charge in [-0.05, 0) is 50.3 Å². The van der Waals surface area contributed by atoms with Gasteiger partial charge in [-0.1, -0.05) is 0 Å². The van der Waals surface area contributed by atoms with Crippen LogP contribution in [-0.4, -0.2) is 24.2 Å². The van der Waals surface area contributed by atoms with Gasteiger partial charge in [0.2, 0.25) is 5.91 Å². The van der Waals surface area contributed by atoms with E-state index in [-0.39, 0.29) is 29.9 Å². The fraction of sp³-hybridized carbons (Fsp3) is 0.562. The van der Waals surface area contributed by atoms with Gasteiger partial charge in [0.05, 0.1) is 29.5 Å². The fourth-order valence-electron chi connectivity index (χ4n) is 3.33. The van der Waals surface area contributed by atoms with E-state index in [4.69, 9.17) is 4.74 Å². The Morgan fingerprint density at radius 1 is 1.19 bits per heavy atom. The molecule has 1 aromatic rings. The zero-order chi connectivity index (χ0) is 14.4. The number of amides is 1. The average Bonchev–Trinajstić information content (AvgIpc) is 3.03. The van der Waals surface area contributed by atoms with Crippen molar-refractivity contribution in [1.82, 2.24) is 0 Å². The van der Waals surface area contributed by atoms with Crippen molar-refractivity contribution in [2.24, 2.45) is 5.92 Å². The highest BCUT2D eigenvalue weighted by molar-refractivity contribution is 5.96. The number of hydrogen-bond acceptors (Lipinski definition) is 3. The second kappa shape index (κ2) is 4.98. The Morgan fingerprint density at radius 2 is 2.05 bits per heavy atom. The SMILES string of the molecule is O=C(Nc1ccc(F)cc1NC1CC1)C1CC2CCC1O2. The Morgan fingerprint density at radius 3 is 2.71 bits per heavy atom. The largest absolute Gasteiger partial charge is 0.381 e. The highest BCUT2D eigenvalue weighted by atomic mass is 19.1. The van der Waals surface area contributed by atoms with Gasteiger partial charge in [0, 0.05) is 6.04 Å². The molecular formula is C16H19FN2O2. The molecule has 0 spiro atoms. The summed E-state index contributed by atoms with van der Waals surface area (Å²) < 4.78 is 19.1. The molecule has 3 fully saturated rings. The van der Waals surface area contributed by atoms with Crippen LogP contribution in [-0.2, 0) is 9.53 Å². The van der Waals surface area contributed by atoms with Crippen LogP contribution >= 0.6 is 0 Å². The molecule has 112 valence electrons. The summed E-state index contributed by atoms with van der Waals surface area (Å²) in [5.41, 5.74) is 1.34. The molecule has 2 saturated heterocycles. The van der Waals surface area contributed by atoms with Gasteiger partial charge in [-0.3, -0.25) is 4.79 Å². The predicted molar refractivity (Wildman–Crippen MR) is 77.7 cm³/mol. The first kappa shape index (κ1) is 13.1. The number of carbonyl (C=O) groups is 1. The highest BCUT2D eigenvalue weighted by Crippen LogP contribution is 2.39. The summed E-state index contributed by atoms with van der Waals surface area (Å²) in [6.45, 7) is 0. The molecule has 2 bridgehead atoms. The van der Waals surface area contributed by atoms with E-state index >= 15 is 0 Å². The number of rotatable bonds is 4. The maximum atomic E-state index is 13.4. The molecule has 21 heavy (non-hydrogen) atoms. The van der Waals surface area contributed by atoms with E-state index in [0.717, 1.165) is 32.1 Å². The minimum atomic E-state index is -0.292. The summed E-state index contributed by atoms with van der Waals surface area (Å²) >= 11 is 0. The van der Waals surface area contributed by atoms with E-state index in [1.165, 1.54) is 12.1 Å². The van der Waals surface area contributed by atoms with E-state index in [1.54, 1.807) is 6.07 Å². The maximum Gasteiger partial charge on any atom is 0.230 e. The average molecular weight is 290 g/mol. The van der Waals surface area contributed by atoms with E-state index in [0.29, 0.717) is 17.4 Å². The molecule has 4 nitrogen and oxygen atoms in total. The third kappa shape index (κ3) is 2.62. The van der Waals surface area contributed by atoms with Crippen LogP contribution in [0.4, 0.5) is 15.8 Å². The fourth-order valence-corrected chi connectivity index (χ4v) is 3.33. The van der Waals surface area contributed by atoms with E-state index in [9.17, 15) is 9.18 Å². The van der Waals surface area contributed by atoms with Crippen molar-refractivity contribution < 1.29 is 13.9 Å². The van der Waals surface area contributed by atoms with Crippen molar-refractivity contribution in [3.8, 4) is 0 Å². The summed E-state index contributed by atoms with van der Waals surface area (Å²) in [6, 6.07) is 4.87. The monoisotopic (exact) mass is 290 g/mol. The molecule has 2 N–H and O–H groups in total. The lowest BCUT2D eigenvalue weighted by molar-refractivity contribution is -0.121. The van der Waals surface area contributed by atoms with Gasteiger partial charge in [-0.15, -0.1) is 0 Å². The van der Waals surface area contributed by atoms with Crippen LogP contribution in [0.5, 0.6) is 0 Å². The molecule has 1 aromatic carbocycles. The maximum absolute atomic E-state index is 13.4. The first-order valence-electron chi connectivity index (χ1n) is 7.71. The van der Waals surface area contributed by atoms with Crippen molar-refractivity contribution in [2.45, 2.75) is 50.4 Å². The summed E-state index contributed by atoms with van der Waals surface area (Å²) in [7, 11) is 0. The Balaban J connectivity index is 1.49. The van der Waals surface area contributed by atoms with Gasteiger partial charge in [0.25, 0.3) is 0 Å². The molecule has 3 unspecified atom stereocenters. The van der Waals surface area contributed by atoms with Gasteiger partial charge in [-0.2, -0.15) is 0 Å². The van der Waals surface area contributed by atoms with Crippen LogP contribution in [0.1, 0.15) is 32.1 Å². The van der Waals surface area contributed by atoms with Crippen molar-refractivity contribution in [3.05, 3.63) is 24.0 Å². The molecule has 1 aliphatic carbocycles. The number of halogens is 1. The van der Waals surface area contributed by atoms with Gasteiger partial charge in [-0.25, -0.2) is 4.39 Å². The lowest BCUT2D eigenvalue weighted by Gasteiger charge is -2.19. The number of benzene rings is 1. The van der Waals surface area contributed by atoms with Crippen molar-refractivity contribution in [2.75, 3.05) is 10.6 Å². The van der Waals surface area contributed by atoms with Crippen molar-refractivity contribution >= 4 is 17.3 Å². The van der Waals surface area contributed by atoms with Crippen LogP contribution in [0.3, 0.4) is 0 Å². The molecule has 3 aliphatic rings. The molecule has 2 aliphatic heterocycles. The first-order valence-corrected chi connectivity index (χ1v) is 7.71. The molecule has 2 heterocycles. The molecular weight excluding hydrogens is 271 g/mol. The van der Waals surface area contributed by atoms with Crippen LogP contribution in [0, 0.1) is 11.7 Å². The smallest absolute Gasteiger partial charge is 0.230 e. The Hall–Kier alpha value is -1.62. The van der Waals surface area contributed by atoms with Crippen LogP contribution in [0.2, 0.25) is 0 Å². The van der Waals surface area contributed by atoms with Crippen molar-refractivity contribution in [3.63, 3.8) is 0 Å². The second-order valence-electron chi connectivity index (χ2n) is 6.31. The first-order chi connectivity index (χ1) is 10.2. The third-order valence-corrected chi connectivity index (χ3v) is 4.62. The molecule has 4 rings (SSSR count). The second-order valence-corrected chi connectivity index (χ2v) is 6.31. The summed E-state index contributed by atoms with van der Waals surface area (Å²) in [6.07, 6.45) is 5.37. The molecule has 5 heteroatoms. The van der Waals surface area contributed by atoms with Crippen LogP contribution in [0.25, 0.3) is 0 Å². The number of anilines is 2. The van der Waals surface area contributed by atoms with Crippen molar-refractivity contribution in [1.29, 1.82) is 0 Å². The number of hydrogen-bond donors (Lipinski definition) is 2. The molecule has 1 amide bonds. The topological polar surface area (TPSA) is 50.4 Å². The highest BCUT2D eigenvalue weighted by Gasteiger charge is 2.44. The summed E-state index contributed by atoms with van der Waals surface area (Å²) in [4.78, 5) is 12.4. The van der Waals surface area contributed by atoms with Gasteiger partial charge >= 0.3 is 0 Å². The van der Waals surface area contributed by atoms with Crippen LogP contribution in [0.15, 0.2) is 18.2 Å².